The number of pyridine rings is 1. The number of hydrogen-bond acceptors (Lipinski definition) is 3. The maximum absolute atomic E-state index is 6.37. The number of benzene rings is 2. The van der Waals surface area contributed by atoms with E-state index in [0.717, 1.165) is 22.3 Å². The molecule has 1 aliphatic heterocycles. The van der Waals surface area contributed by atoms with Crippen LogP contribution in [-0.4, -0.2) is 23.3 Å². The summed E-state index contributed by atoms with van der Waals surface area (Å²) in [6.45, 7) is 17.2. The van der Waals surface area contributed by atoms with E-state index in [0.29, 0.717) is 0 Å². The first-order valence-corrected chi connectivity index (χ1v) is 11.4. The van der Waals surface area contributed by atoms with Crippen molar-refractivity contribution in [3.05, 3.63) is 71.9 Å². The van der Waals surface area contributed by atoms with Crippen molar-refractivity contribution in [3.63, 3.8) is 0 Å². The third-order valence-corrected chi connectivity index (χ3v) is 6.79. The van der Waals surface area contributed by atoms with Crippen LogP contribution in [0.25, 0.3) is 22.4 Å². The van der Waals surface area contributed by atoms with Gasteiger partial charge >= 0.3 is 7.12 Å². The highest BCUT2D eigenvalue weighted by Crippen LogP contribution is 2.37. The maximum atomic E-state index is 6.37. The Morgan fingerprint density at radius 1 is 0.750 bits per heavy atom. The lowest BCUT2D eigenvalue weighted by molar-refractivity contribution is 0.00578. The first kappa shape index (κ1) is 22.8. The van der Waals surface area contributed by atoms with Crippen molar-refractivity contribution in [2.75, 3.05) is 0 Å². The molecule has 1 aromatic heterocycles. The van der Waals surface area contributed by atoms with Gasteiger partial charge in [-0.1, -0.05) is 62.7 Å². The average molecular weight is 427 g/mol. The fourth-order valence-electron chi connectivity index (χ4n) is 3.86. The second-order valence-electron chi connectivity index (χ2n) is 11.0. The molecule has 2 heterocycles. The summed E-state index contributed by atoms with van der Waals surface area (Å²) in [5, 5.41) is 0. The van der Waals surface area contributed by atoms with Crippen LogP contribution in [0.15, 0.2) is 60.8 Å². The Bertz CT molecular complexity index is 1110. The fraction of sp³-hybridized carbons (Fsp3) is 0.393. The molecule has 32 heavy (non-hydrogen) atoms. The molecule has 4 rings (SSSR count). The van der Waals surface area contributed by atoms with Crippen LogP contribution < -0.4 is 5.46 Å². The van der Waals surface area contributed by atoms with E-state index in [1.165, 1.54) is 16.7 Å². The van der Waals surface area contributed by atoms with Crippen LogP contribution in [0.3, 0.4) is 0 Å². The molecule has 0 bridgehead atoms. The maximum Gasteiger partial charge on any atom is 0.494 e. The molecule has 2 aromatic carbocycles. The standard InChI is InChI=1S/C28H34BNO2/c1-19-9-11-20(12-10-19)21-13-14-30-25(17-21)22-15-23(26(2,3)4)18-24(16-22)29-31-27(5,6)28(7,8)32-29/h9-18H,1-8H3. The molecule has 0 unspecified atom stereocenters. The van der Waals surface area contributed by atoms with Crippen LogP contribution in [0, 0.1) is 6.92 Å². The van der Waals surface area contributed by atoms with E-state index < -0.39 is 7.12 Å². The monoisotopic (exact) mass is 427 g/mol. The van der Waals surface area contributed by atoms with E-state index in [4.69, 9.17) is 14.3 Å². The molecule has 166 valence electrons. The first-order valence-electron chi connectivity index (χ1n) is 11.4. The molecular weight excluding hydrogens is 393 g/mol. The van der Waals surface area contributed by atoms with Gasteiger partial charge in [0.1, 0.15) is 0 Å². The van der Waals surface area contributed by atoms with Crippen molar-refractivity contribution in [1.29, 1.82) is 0 Å². The molecule has 0 saturated carbocycles. The second-order valence-corrected chi connectivity index (χ2v) is 11.0. The van der Waals surface area contributed by atoms with Gasteiger partial charge in [-0.15, -0.1) is 0 Å². The fourth-order valence-corrected chi connectivity index (χ4v) is 3.86. The van der Waals surface area contributed by atoms with Gasteiger partial charge in [-0.25, -0.2) is 0 Å². The number of aromatic nitrogens is 1. The number of nitrogens with zero attached hydrogens (tertiary/aromatic N) is 1. The molecule has 3 nitrogen and oxygen atoms in total. The van der Waals surface area contributed by atoms with Gasteiger partial charge < -0.3 is 9.31 Å². The van der Waals surface area contributed by atoms with Crippen LogP contribution in [0.2, 0.25) is 0 Å². The number of aryl methyl sites for hydroxylation is 1. The molecule has 1 saturated heterocycles. The van der Waals surface area contributed by atoms with E-state index in [1.54, 1.807) is 0 Å². The van der Waals surface area contributed by atoms with E-state index in [-0.39, 0.29) is 16.6 Å². The lowest BCUT2D eigenvalue weighted by Gasteiger charge is -2.32. The molecule has 3 aromatic rings. The van der Waals surface area contributed by atoms with Crippen LogP contribution in [0.4, 0.5) is 0 Å². The molecular formula is C28H34BNO2. The van der Waals surface area contributed by atoms with Crippen LogP contribution >= 0.6 is 0 Å². The predicted octanol–water partition coefficient (Wildman–Crippen LogP) is 6.32. The third kappa shape index (κ3) is 4.39. The van der Waals surface area contributed by atoms with Crippen molar-refractivity contribution >= 4 is 12.6 Å². The predicted molar refractivity (Wildman–Crippen MR) is 134 cm³/mol. The Labute approximate surface area is 193 Å². The molecule has 0 spiro atoms. The summed E-state index contributed by atoms with van der Waals surface area (Å²) >= 11 is 0. The molecule has 0 N–H and O–H groups in total. The lowest BCUT2D eigenvalue weighted by Crippen LogP contribution is -2.41. The normalized spacial score (nSPS) is 17.6. The lowest BCUT2D eigenvalue weighted by atomic mass is 9.74. The molecule has 0 amide bonds. The van der Waals surface area contributed by atoms with Crippen molar-refractivity contribution in [1.82, 2.24) is 4.98 Å². The zero-order valence-electron chi connectivity index (χ0n) is 20.6. The quantitative estimate of drug-likeness (QED) is 0.459. The molecule has 0 aliphatic carbocycles. The Hall–Kier alpha value is -2.43. The summed E-state index contributed by atoms with van der Waals surface area (Å²) in [5.41, 5.74) is 7.15. The Morgan fingerprint density at radius 2 is 1.38 bits per heavy atom. The van der Waals surface area contributed by atoms with Gasteiger partial charge in [0, 0.05) is 11.8 Å². The topological polar surface area (TPSA) is 31.4 Å². The zero-order chi connectivity index (χ0) is 23.3. The molecule has 4 heteroatoms. The minimum Gasteiger partial charge on any atom is -0.399 e. The SMILES string of the molecule is Cc1ccc(-c2ccnc(-c3cc(B4OC(C)(C)C(C)(C)O4)cc(C(C)(C)C)c3)c2)cc1. The van der Waals surface area contributed by atoms with Crippen molar-refractivity contribution < 1.29 is 9.31 Å². The van der Waals surface area contributed by atoms with E-state index in [1.807, 2.05) is 6.20 Å². The highest BCUT2D eigenvalue weighted by Gasteiger charge is 2.51. The molecule has 1 aliphatic rings. The number of rotatable bonds is 3. The smallest absolute Gasteiger partial charge is 0.399 e. The summed E-state index contributed by atoms with van der Waals surface area (Å²) in [7, 11) is -0.402. The Balaban J connectivity index is 1.79. The van der Waals surface area contributed by atoms with Crippen LogP contribution in [0.5, 0.6) is 0 Å². The Morgan fingerprint density at radius 3 is 1.97 bits per heavy atom. The van der Waals surface area contributed by atoms with Gasteiger partial charge in [-0.3, -0.25) is 4.98 Å². The van der Waals surface area contributed by atoms with Crippen molar-refractivity contribution in [2.45, 2.75) is 72.0 Å². The highest BCUT2D eigenvalue weighted by atomic mass is 16.7. The van der Waals surface area contributed by atoms with Gasteiger partial charge in [-0.05, 0) is 80.4 Å². The molecule has 0 radical (unpaired) electrons. The summed E-state index contributed by atoms with van der Waals surface area (Å²) in [4.78, 5) is 4.72. The van der Waals surface area contributed by atoms with Crippen molar-refractivity contribution in [2.24, 2.45) is 0 Å². The zero-order valence-corrected chi connectivity index (χ0v) is 20.6. The van der Waals surface area contributed by atoms with Gasteiger partial charge in [-0.2, -0.15) is 0 Å². The van der Waals surface area contributed by atoms with Crippen LogP contribution in [-0.2, 0) is 14.7 Å². The average Bonchev–Trinajstić information content (AvgIpc) is 2.95. The summed E-state index contributed by atoms with van der Waals surface area (Å²) in [5.74, 6) is 0. The minimum atomic E-state index is -0.402. The largest absolute Gasteiger partial charge is 0.494 e. The summed E-state index contributed by atoms with van der Waals surface area (Å²) in [6, 6.07) is 19.5. The van der Waals surface area contributed by atoms with Gasteiger partial charge in [0.05, 0.1) is 16.9 Å². The number of hydrogen-bond donors (Lipinski definition) is 0. The highest BCUT2D eigenvalue weighted by molar-refractivity contribution is 6.62. The van der Waals surface area contributed by atoms with Gasteiger partial charge in [0.15, 0.2) is 0 Å². The van der Waals surface area contributed by atoms with E-state index in [2.05, 4.69) is 110 Å². The third-order valence-electron chi connectivity index (χ3n) is 6.79. The second kappa shape index (κ2) is 7.86. The van der Waals surface area contributed by atoms with Crippen LogP contribution in [0.1, 0.15) is 59.6 Å². The molecule has 1 fully saturated rings. The van der Waals surface area contributed by atoms with E-state index in [9.17, 15) is 0 Å². The van der Waals surface area contributed by atoms with Gasteiger partial charge in [0.2, 0.25) is 0 Å². The minimum absolute atomic E-state index is 0.0109. The van der Waals surface area contributed by atoms with Gasteiger partial charge in [0.25, 0.3) is 0 Å². The summed E-state index contributed by atoms with van der Waals surface area (Å²) in [6.07, 6.45) is 1.89. The van der Waals surface area contributed by atoms with E-state index >= 15 is 0 Å². The summed E-state index contributed by atoms with van der Waals surface area (Å²) < 4.78 is 12.7. The van der Waals surface area contributed by atoms with Crippen molar-refractivity contribution in [3.8, 4) is 22.4 Å². The Kier molecular flexibility index (Phi) is 5.59. The molecule has 0 atom stereocenters. The first-order chi connectivity index (χ1) is 14.9.